The lowest BCUT2D eigenvalue weighted by atomic mass is 9.99. The molecule has 0 spiro atoms. The summed E-state index contributed by atoms with van der Waals surface area (Å²) >= 11 is 6.02. The number of sulfonamides is 1. The number of halogens is 1. The Morgan fingerprint density at radius 2 is 1.67 bits per heavy atom. The summed E-state index contributed by atoms with van der Waals surface area (Å²) in [5, 5.41) is 5.20. The molecule has 0 unspecified atom stereocenters. The van der Waals surface area contributed by atoms with E-state index in [0.29, 0.717) is 17.2 Å². The molecule has 0 saturated heterocycles. The topological polar surface area (TPSA) is 53.0 Å². The molecule has 5 nitrogen and oxygen atoms in total. The average Bonchev–Trinajstić information content (AvgIpc) is 3.21. The quantitative estimate of drug-likeness (QED) is 0.565. The summed E-state index contributed by atoms with van der Waals surface area (Å²) in [5.74, 6) is 0. The Labute approximate surface area is 182 Å². The predicted molar refractivity (Wildman–Crippen MR) is 122 cm³/mol. The maximum atomic E-state index is 13.5. The Hall–Kier alpha value is -2.83. The zero-order valence-electron chi connectivity index (χ0n) is 16.7. The number of rotatable bonds is 5. The molecule has 7 heteroatoms. The van der Waals surface area contributed by atoms with Crippen molar-refractivity contribution >= 4 is 33.0 Å². The van der Waals surface area contributed by atoms with Crippen LogP contribution in [0.4, 0.5) is 5.69 Å². The lowest BCUT2D eigenvalue weighted by Gasteiger charge is -2.24. The van der Waals surface area contributed by atoms with E-state index in [1.54, 1.807) is 42.5 Å². The summed E-state index contributed by atoms with van der Waals surface area (Å²) in [7, 11) is 0.108. The van der Waals surface area contributed by atoms with Crippen molar-refractivity contribution < 1.29 is 8.42 Å². The third-order valence-electron chi connectivity index (χ3n) is 5.11. The lowest BCUT2D eigenvalue weighted by Crippen LogP contribution is -2.27. The molecular weight excluding hydrogens is 418 g/mol. The first-order chi connectivity index (χ1) is 14.4. The highest BCUT2D eigenvalue weighted by molar-refractivity contribution is 7.89. The summed E-state index contributed by atoms with van der Waals surface area (Å²) < 4.78 is 28.2. The molecule has 0 bridgehead atoms. The fraction of sp³-hybridized carbons (Fsp3) is 0.174. The second-order valence-corrected chi connectivity index (χ2v) is 9.59. The minimum atomic E-state index is -3.81. The molecule has 1 aliphatic heterocycles. The van der Waals surface area contributed by atoms with E-state index >= 15 is 0 Å². The first kappa shape index (κ1) is 20.4. The fourth-order valence-corrected chi connectivity index (χ4v) is 5.07. The molecule has 154 valence electrons. The van der Waals surface area contributed by atoms with E-state index in [1.165, 1.54) is 4.41 Å². The van der Waals surface area contributed by atoms with Crippen molar-refractivity contribution in [2.24, 2.45) is 5.10 Å². The third-order valence-corrected chi connectivity index (χ3v) is 7.06. The number of hydrazone groups is 1. The van der Waals surface area contributed by atoms with Gasteiger partial charge in [-0.1, -0.05) is 54.1 Å². The highest BCUT2D eigenvalue weighted by Crippen LogP contribution is 2.38. The van der Waals surface area contributed by atoms with E-state index in [0.717, 1.165) is 16.8 Å². The van der Waals surface area contributed by atoms with E-state index < -0.39 is 16.1 Å². The van der Waals surface area contributed by atoms with Crippen LogP contribution < -0.4 is 4.90 Å². The second kappa shape index (κ2) is 8.13. The highest BCUT2D eigenvalue weighted by atomic mass is 35.5. The van der Waals surface area contributed by atoms with Crippen LogP contribution in [0.2, 0.25) is 5.02 Å². The first-order valence-electron chi connectivity index (χ1n) is 9.56. The number of nitrogens with zero attached hydrogens (tertiary/aromatic N) is 3. The number of hydrogen-bond acceptors (Lipinski definition) is 4. The summed E-state index contributed by atoms with van der Waals surface area (Å²) in [5.41, 5.74) is 3.48. The van der Waals surface area contributed by atoms with Crippen molar-refractivity contribution in [2.45, 2.75) is 17.4 Å². The van der Waals surface area contributed by atoms with E-state index in [9.17, 15) is 8.42 Å². The van der Waals surface area contributed by atoms with Gasteiger partial charge < -0.3 is 4.90 Å². The molecule has 0 N–H and O–H groups in total. The molecule has 0 amide bonds. The maximum absolute atomic E-state index is 13.5. The van der Waals surface area contributed by atoms with Crippen LogP contribution in [-0.4, -0.2) is 32.6 Å². The van der Waals surface area contributed by atoms with Crippen LogP contribution in [0.25, 0.3) is 0 Å². The van der Waals surface area contributed by atoms with Crippen molar-refractivity contribution in [3.05, 3.63) is 95.0 Å². The van der Waals surface area contributed by atoms with Crippen molar-refractivity contribution in [1.29, 1.82) is 0 Å². The van der Waals surface area contributed by atoms with Gasteiger partial charge in [0.2, 0.25) is 0 Å². The molecular formula is C23H22ClN3O2S. The van der Waals surface area contributed by atoms with E-state index in [-0.39, 0.29) is 4.90 Å². The number of anilines is 1. The fourth-order valence-electron chi connectivity index (χ4n) is 3.49. The zero-order valence-corrected chi connectivity index (χ0v) is 18.3. The Morgan fingerprint density at radius 1 is 0.967 bits per heavy atom. The van der Waals surface area contributed by atoms with Crippen molar-refractivity contribution in [2.75, 3.05) is 19.0 Å². The van der Waals surface area contributed by atoms with E-state index in [2.05, 4.69) is 5.10 Å². The Balaban J connectivity index is 1.80. The van der Waals surface area contributed by atoms with Gasteiger partial charge in [0.25, 0.3) is 10.0 Å². The van der Waals surface area contributed by atoms with Gasteiger partial charge in [-0.15, -0.1) is 0 Å². The van der Waals surface area contributed by atoms with Gasteiger partial charge in [-0.2, -0.15) is 17.9 Å². The molecule has 1 aliphatic rings. The number of benzene rings is 3. The minimum Gasteiger partial charge on any atom is -0.378 e. The molecule has 0 radical (unpaired) electrons. The largest absolute Gasteiger partial charge is 0.378 e. The number of hydrogen-bond donors (Lipinski definition) is 0. The highest BCUT2D eigenvalue weighted by Gasteiger charge is 2.37. The average molecular weight is 440 g/mol. The Bertz CT molecular complexity index is 1180. The molecule has 4 rings (SSSR count). The van der Waals surface area contributed by atoms with Gasteiger partial charge in [-0.25, -0.2) is 0 Å². The van der Waals surface area contributed by atoms with Gasteiger partial charge in [0, 0.05) is 31.2 Å². The summed E-state index contributed by atoms with van der Waals surface area (Å²) in [6, 6.07) is 23.2. The van der Waals surface area contributed by atoms with Gasteiger partial charge in [0.15, 0.2) is 0 Å². The summed E-state index contributed by atoms with van der Waals surface area (Å²) in [6.07, 6.45) is 0.477. The van der Waals surface area contributed by atoms with Gasteiger partial charge in [0.1, 0.15) is 0 Å². The molecule has 3 aromatic rings. The van der Waals surface area contributed by atoms with Crippen LogP contribution >= 0.6 is 11.6 Å². The van der Waals surface area contributed by atoms with Crippen molar-refractivity contribution in [3.8, 4) is 0 Å². The molecule has 0 fully saturated rings. The van der Waals surface area contributed by atoms with Crippen LogP contribution in [0.1, 0.15) is 23.6 Å². The predicted octanol–water partition coefficient (Wildman–Crippen LogP) is 4.95. The zero-order chi connectivity index (χ0) is 21.3. The summed E-state index contributed by atoms with van der Waals surface area (Å²) in [6.45, 7) is 0. The van der Waals surface area contributed by atoms with Crippen LogP contribution in [0.5, 0.6) is 0 Å². The molecule has 1 heterocycles. The van der Waals surface area contributed by atoms with Crippen LogP contribution in [0.15, 0.2) is 88.9 Å². The Kier molecular flexibility index (Phi) is 5.54. The second-order valence-electron chi connectivity index (χ2n) is 7.35. The SMILES string of the molecule is CN(C)c1cccc([C@@H]2CC(c3ccc(Cl)cc3)=NN2S(=O)(=O)c2ccccc2)c1. The Morgan fingerprint density at radius 3 is 2.33 bits per heavy atom. The first-order valence-corrected chi connectivity index (χ1v) is 11.4. The van der Waals surface area contributed by atoms with Gasteiger partial charge in [-0.3, -0.25) is 0 Å². The minimum absolute atomic E-state index is 0.222. The van der Waals surface area contributed by atoms with Crippen LogP contribution in [0.3, 0.4) is 0 Å². The van der Waals surface area contributed by atoms with E-state index in [1.807, 2.05) is 55.4 Å². The van der Waals surface area contributed by atoms with Gasteiger partial charge >= 0.3 is 0 Å². The van der Waals surface area contributed by atoms with Crippen LogP contribution in [-0.2, 0) is 10.0 Å². The molecule has 1 atom stereocenters. The van der Waals surface area contributed by atoms with Crippen molar-refractivity contribution in [1.82, 2.24) is 4.41 Å². The smallest absolute Gasteiger partial charge is 0.279 e. The standard InChI is InChI=1S/C23H22ClN3O2S/c1-26(2)20-8-6-7-18(15-20)23-16-22(17-11-13-19(24)14-12-17)25-27(23)30(28,29)21-9-4-3-5-10-21/h3-15,23H,16H2,1-2H3/t23-/m0/s1. The monoisotopic (exact) mass is 439 g/mol. The lowest BCUT2D eigenvalue weighted by molar-refractivity contribution is 0.371. The molecule has 0 aliphatic carbocycles. The molecule has 0 aromatic heterocycles. The van der Waals surface area contributed by atoms with Crippen LogP contribution in [0, 0.1) is 0 Å². The molecule has 30 heavy (non-hydrogen) atoms. The van der Waals surface area contributed by atoms with Crippen molar-refractivity contribution in [3.63, 3.8) is 0 Å². The normalized spacial score (nSPS) is 16.4. The van der Waals surface area contributed by atoms with Gasteiger partial charge in [0.05, 0.1) is 16.6 Å². The maximum Gasteiger partial charge on any atom is 0.279 e. The third kappa shape index (κ3) is 3.93. The van der Waals surface area contributed by atoms with E-state index in [4.69, 9.17) is 11.6 Å². The van der Waals surface area contributed by atoms with Gasteiger partial charge in [-0.05, 0) is 47.5 Å². The molecule has 3 aromatic carbocycles. The summed E-state index contributed by atoms with van der Waals surface area (Å²) in [4.78, 5) is 2.22. The molecule has 0 saturated carbocycles.